The van der Waals surface area contributed by atoms with Gasteiger partial charge in [-0.1, -0.05) is 192 Å². The van der Waals surface area contributed by atoms with Crippen LogP contribution in [0.15, 0.2) is 146 Å². The van der Waals surface area contributed by atoms with Crippen LogP contribution in [0.4, 0.5) is 0 Å². The summed E-state index contributed by atoms with van der Waals surface area (Å²) >= 11 is 0. The van der Waals surface area contributed by atoms with Crippen LogP contribution in [-0.4, -0.2) is 70.7 Å². The van der Waals surface area contributed by atoms with Crippen molar-refractivity contribution in [2.24, 2.45) is 0 Å². The molecule has 9 heteroatoms. The first kappa shape index (κ1) is 65.4. The van der Waals surface area contributed by atoms with E-state index in [9.17, 15) is 14.3 Å². The van der Waals surface area contributed by atoms with Gasteiger partial charge in [0.05, 0.1) is 34.4 Å². The predicted octanol–water partition coefficient (Wildman–Crippen LogP) is 16.2. The molecule has 0 saturated carbocycles. The lowest BCUT2D eigenvalue weighted by Gasteiger charge is -2.28. The Morgan fingerprint density at radius 1 is 0.449 bits per heavy atom. The molecule has 2 atom stereocenters. The summed E-state index contributed by atoms with van der Waals surface area (Å²) in [7, 11) is 1.30. The lowest BCUT2D eigenvalue weighted by atomic mass is 10.1. The number of esters is 1. The molecule has 0 aromatic carbocycles. The molecule has 2 unspecified atom stereocenters. The van der Waals surface area contributed by atoms with Crippen molar-refractivity contribution in [2.45, 2.75) is 174 Å². The molecule has 0 amide bonds. The molecule has 0 heterocycles. The van der Waals surface area contributed by atoms with Crippen LogP contribution in [0, 0.1) is 0 Å². The summed E-state index contributed by atoms with van der Waals surface area (Å²) in [6.45, 7) is 5.06. The normalized spacial score (nSPS) is 14.7. The summed E-state index contributed by atoms with van der Waals surface area (Å²) in [6, 6.07) is 0. The van der Waals surface area contributed by atoms with Gasteiger partial charge in [-0.25, -0.2) is 0 Å². The molecular weight excluding hydrogens is 878 g/mol. The third kappa shape index (κ3) is 55.2. The van der Waals surface area contributed by atoms with Gasteiger partial charge in [-0.05, 0) is 116 Å². The van der Waals surface area contributed by atoms with Crippen LogP contribution >= 0.6 is 7.82 Å². The number of allylic oxidation sites excluding steroid dienone is 24. The van der Waals surface area contributed by atoms with Gasteiger partial charge < -0.3 is 27.9 Å². The molecule has 69 heavy (non-hydrogen) atoms. The van der Waals surface area contributed by atoms with E-state index in [0.717, 1.165) is 141 Å². The van der Waals surface area contributed by atoms with Gasteiger partial charge in [0.25, 0.3) is 7.82 Å². The molecule has 390 valence electrons. The van der Waals surface area contributed by atoms with Crippen molar-refractivity contribution in [2.75, 3.05) is 54.1 Å². The molecule has 0 aliphatic rings. The predicted molar refractivity (Wildman–Crippen MR) is 295 cm³/mol. The van der Waals surface area contributed by atoms with Crippen LogP contribution in [0.25, 0.3) is 0 Å². The first-order valence-electron chi connectivity index (χ1n) is 26.6. The molecule has 0 aromatic heterocycles. The molecule has 0 bridgehead atoms. The molecule has 0 rings (SSSR count). The van der Waals surface area contributed by atoms with E-state index in [1.54, 1.807) is 0 Å². The smallest absolute Gasteiger partial charge is 0.306 e. The molecule has 0 radical (unpaired) electrons. The molecule has 0 spiro atoms. The molecule has 0 aromatic rings. The Kier molecular flexibility index (Phi) is 48.1. The van der Waals surface area contributed by atoms with Crippen LogP contribution in [0.5, 0.6) is 0 Å². The minimum Gasteiger partial charge on any atom is -0.756 e. The van der Waals surface area contributed by atoms with Gasteiger partial charge in [0.15, 0.2) is 0 Å². The molecular formula is C60H98NO7P. The number of hydrogen-bond acceptors (Lipinski definition) is 7. The summed E-state index contributed by atoms with van der Waals surface area (Å²) in [5, 5.41) is 0. The Balaban J connectivity index is 4.29. The second kappa shape index (κ2) is 50.8. The van der Waals surface area contributed by atoms with E-state index in [1.165, 1.54) is 0 Å². The highest BCUT2D eigenvalue weighted by Crippen LogP contribution is 2.38. The summed E-state index contributed by atoms with van der Waals surface area (Å²) in [6.07, 6.45) is 75.9. The van der Waals surface area contributed by atoms with Gasteiger partial charge in [0.2, 0.25) is 0 Å². The Bertz CT molecular complexity index is 1600. The van der Waals surface area contributed by atoms with E-state index in [-0.39, 0.29) is 32.2 Å². The summed E-state index contributed by atoms with van der Waals surface area (Å²) < 4.78 is 34.7. The number of ether oxygens (including phenoxy) is 2. The number of phosphoric acid groups is 1. The summed E-state index contributed by atoms with van der Waals surface area (Å²) in [5.74, 6) is -0.372. The number of hydrogen-bond donors (Lipinski definition) is 0. The van der Waals surface area contributed by atoms with Crippen LogP contribution in [0.2, 0.25) is 0 Å². The quantitative estimate of drug-likeness (QED) is 0.0197. The van der Waals surface area contributed by atoms with Crippen LogP contribution in [0.1, 0.15) is 168 Å². The van der Waals surface area contributed by atoms with Crippen molar-refractivity contribution in [3.63, 3.8) is 0 Å². The molecule has 8 nitrogen and oxygen atoms in total. The maximum Gasteiger partial charge on any atom is 0.306 e. The van der Waals surface area contributed by atoms with Crippen LogP contribution in [0.3, 0.4) is 0 Å². The third-order valence-corrected chi connectivity index (χ3v) is 11.4. The SMILES string of the molecule is CC/C=C\C/C=C\C/C=C\C/C=C\C/C=C\C/C=C\CCCCCCCOCC(COP(=O)([O-])OCC[N+](C)(C)C)OC(=O)CCCCCC/C=C\C/C=C\C/C=C\C/C=C\C/C=C\C/C=C\CC. The van der Waals surface area contributed by atoms with Crippen molar-refractivity contribution < 1.29 is 37.3 Å². The zero-order valence-electron chi connectivity index (χ0n) is 44.2. The zero-order valence-corrected chi connectivity index (χ0v) is 45.1. The topological polar surface area (TPSA) is 94.1 Å². The third-order valence-electron chi connectivity index (χ3n) is 10.4. The lowest BCUT2D eigenvalue weighted by molar-refractivity contribution is -0.870. The largest absolute Gasteiger partial charge is 0.756 e. The van der Waals surface area contributed by atoms with Crippen molar-refractivity contribution in [1.82, 2.24) is 0 Å². The number of nitrogens with zero attached hydrogens (tertiary/aromatic N) is 1. The highest BCUT2D eigenvalue weighted by Gasteiger charge is 2.20. The van der Waals surface area contributed by atoms with E-state index >= 15 is 0 Å². The van der Waals surface area contributed by atoms with Crippen LogP contribution < -0.4 is 4.89 Å². The van der Waals surface area contributed by atoms with Gasteiger partial charge in [-0.15, -0.1) is 0 Å². The van der Waals surface area contributed by atoms with E-state index < -0.39 is 13.9 Å². The minimum absolute atomic E-state index is 0.00666. The highest BCUT2D eigenvalue weighted by molar-refractivity contribution is 7.45. The summed E-state index contributed by atoms with van der Waals surface area (Å²) in [4.78, 5) is 25.2. The maximum atomic E-state index is 12.8. The Labute approximate surface area is 423 Å². The first-order valence-corrected chi connectivity index (χ1v) is 28.0. The summed E-state index contributed by atoms with van der Waals surface area (Å²) in [5.41, 5.74) is 0. The number of rotatable bonds is 47. The van der Waals surface area contributed by atoms with Crippen molar-refractivity contribution >= 4 is 13.8 Å². The fourth-order valence-electron chi connectivity index (χ4n) is 6.37. The molecule has 0 N–H and O–H groups in total. The van der Waals surface area contributed by atoms with Gasteiger partial charge in [0, 0.05) is 13.0 Å². The molecule has 0 fully saturated rings. The van der Waals surface area contributed by atoms with E-state index in [0.29, 0.717) is 24.1 Å². The zero-order chi connectivity index (χ0) is 50.5. The van der Waals surface area contributed by atoms with E-state index in [2.05, 4.69) is 160 Å². The van der Waals surface area contributed by atoms with E-state index in [4.69, 9.17) is 18.5 Å². The minimum atomic E-state index is -4.56. The monoisotopic (exact) mass is 976 g/mol. The highest BCUT2D eigenvalue weighted by atomic mass is 31.2. The number of likely N-dealkylation sites (N-methyl/N-ethyl adjacent to an activating group) is 1. The Hall–Kier alpha value is -3.62. The first-order chi connectivity index (χ1) is 33.6. The average molecular weight is 976 g/mol. The number of phosphoric ester groups is 1. The number of unbranched alkanes of at least 4 members (excludes halogenated alkanes) is 9. The second-order valence-corrected chi connectivity index (χ2v) is 19.5. The Morgan fingerprint density at radius 3 is 1.19 bits per heavy atom. The molecule has 0 aliphatic carbocycles. The van der Waals surface area contributed by atoms with E-state index in [1.807, 2.05) is 21.1 Å². The van der Waals surface area contributed by atoms with Crippen molar-refractivity contribution in [3.8, 4) is 0 Å². The van der Waals surface area contributed by atoms with Gasteiger partial charge in [-0.3, -0.25) is 9.36 Å². The fourth-order valence-corrected chi connectivity index (χ4v) is 7.10. The van der Waals surface area contributed by atoms with Crippen molar-refractivity contribution in [1.29, 1.82) is 0 Å². The Morgan fingerprint density at radius 2 is 0.797 bits per heavy atom. The standard InChI is InChI=1S/C60H98NO7P/c1-6-8-10-12-14-16-18-20-22-24-26-28-30-32-34-36-38-40-42-44-46-48-50-52-55-65-57-59(58-67-69(63,64)66-56-54-61(3,4)5)68-60(62)53-51-49-47-45-43-41-39-37-35-33-31-29-27-25-23-21-19-17-15-13-11-9-7-2/h8-11,14-17,20-23,26-29,32-35,38-41,59H,6-7,12-13,18-19,24-25,30-31,36-37,42-58H2,1-5H3/b10-8-,11-9-,16-14-,17-15-,22-20-,23-21-,28-26-,29-27-,34-32-,35-33-,40-38-,41-39-. The van der Waals surface area contributed by atoms with Gasteiger partial charge >= 0.3 is 5.97 Å². The lowest BCUT2D eigenvalue weighted by Crippen LogP contribution is -2.37. The fraction of sp³-hybridized carbons (Fsp3) is 0.583. The van der Waals surface area contributed by atoms with Crippen LogP contribution in [-0.2, 0) is 27.9 Å². The number of quaternary nitrogens is 1. The van der Waals surface area contributed by atoms with Gasteiger partial charge in [-0.2, -0.15) is 0 Å². The average Bonchev–Trinajstić information content (AvgIpc) is 3.31. The van der Waals surface area contributed by atoms with Crippen molar-refractivity contribution in [3.05, 3.63) is 146 Å². The second-order valence-electron chi connectivity index (χ2n) is 18.1. The maximum absolute atomic E-state index is 12.8. The molecule has 0 saturated heterocycles. The number of carbonyl (C=O) groups is 1. The number of carbonyl (C=O) groups excluding carboxylic acids is 1. The van der Waals surface area contributed by atoms with Gasteiger partial charge in [0.1, 0.15) is 19.3 Å². The molecule has 0 aliphatic heterocycles.